The molecule has 32 heavy (non-hydrogen) atoms. The van der Waals surface area contributed by atoms with Crippen molar-refractivity contribution in [2.24, 2.45) is 0 Å². The molecule has 3 aromatic heterocycles. The molecule has 1 fully saturated rings. The average molecular weight is 425 g/mol. The number of aromatic amines is 1. The van der Waals surface area contributed by atoms with Crippen molar-refractivity contribution in [2.45, 2.75) is 12.8 Å². The Labute approximate surface area is 185 Å². The van der Waals surface area contributed by atoms with E-state index in [2.05, 4.69) is 21.0 Å². The van der Waals surface area contributed by atoms with E-state index in [1.807, 2.05) is 53.7 Å². The van der Waals surface area contributed by atoms with Gasteiger partial charge in [-0.15, -0.1) is 0 Å². The van der Waals surface area contributed by atoms with Gasteiger partial charge >= 0.3 is 0 Å². The topological polar surface area (TPSA) is 82.2 Å². The fourth-order valence-corrected chi connectivity index (χ4v) is 4.13. The number of benzene rings is 1. The molecule has 4 aromatic rings. The summed E-state index contributed by atoms with van der Waals surface area (Å²) in [5, 5.41) is 0.875. The summed E-state index contributed by atoms with van der Waals surface area (Å²) in [6, 6.07) is 13.9. The van der Waals surface area contributed by atoms with Gasteiger partial charge in [-0.05, 0) is 47.9 Å². The Hall–Kier alpha value is -4.00. The van der Waals surface area contributed by atoms with Crippen LogP contribution in [0.4, 0.5) is 5.69 Å². The van der Waals surface area contributed by atoms with Crippen molar-refractivity contribution in [3.05, 3.63) is 66.7 Å². The van der Waals surface area contributed by atoms with Gasteiger partial charge in [0.25, 0.3) is 5.91 Å². The third kappa shape index (κ3) is 3.51. The molecule has 1 saturated heterocycles. The van der Waals surface area contributed by atoms with Crippen LogP contribution in [-0.2, 0) is 4.79 Å². The van der Waals surface area contributed by atoms with E-state index in [1.165, 1.54) is 4.90 Å². The Balaban J connectivity index is 1.50. The summed E-state index contributed by atoms with van der Waals surface area (Å²) >= 11 is 0. The largest absolute Gasteiger partial charge is 0.344 e. The van der Waals surface area contributed by atoms with E-state index in [1.54, 1.807) is 20.3 Å². The smallest absolute Gasteiger partial charge is 0.269 e. The van der Waals surface area contributed by atoms with E-state index in [9.17, 15) is 9.59 Å². The summed E-state index contributed by atoms with van der Waals surface area (Å²) in [5.41, 5.74) is 6.00. The Morgan fingerprint density at radius 2 is 1.81 bits per heavy atom. The minimum atomic E-state index is -0.0996. The van der Waals surface area contributed by atoms with E-state index >= 15 is 0 Å². The molecule has 0 atom stereocenters. The number of nitrogens with zero attached hydrogens (tertiary/aromatic N) is 4. The van der Waals surface area contributed by atoms with Crippen LogP contribution in [0.25, 0.3) is 33.3 Å². The molecule has 5 rings (SSSR count). The summed E-state index contributed by atoms with van der Waals surface area (Å²) in [5.74, 6) is 0.0825. The van der Waals surface area contributed by atoms with Crippen LogP contribution in [0.5, 0.6) is 0 Å². The standard InChI is InChI=1S/C25H23N5O2/c1-29(2)25(32)22-13-21-20(9-10-27-24(21)28-22)18-12-17(14-26-15-18)16-5-7-19(8-6-16)30-11-3-4-23(30)31/h5-10,12-15H,3-4,11H2,1-2H3,(H,27,28). The molecule has 1 aliphatic rings. The number of hydrogen-bond acceptors (Lipinski definition) is 4. The lowest BCUT2D eigenvalue weighted by atomic mass is 10.0. The lowest BCUT2D eigenvalue weighted by Crippen LogP contribution is -2.23. The van der Waals surface area contributed by atoms with Gasteiger partial charge in [0.05, 0.1) is 0 Å². The number of carbonyl (C=O) groups is 2. The highest BCUT2D eigenvalue weighted by Gasteiger charge is 2.21. The molecule has 160 valence electrons. The Morgan fingerprint density at radius 3 is 2.53 bits per heavy atom. The first-order chi connectivity index (χ1) is 15.5. The summed E-state index contributed by atoms with van der Waals surface area (Å²) in [4.78, 5) is 39.7. The molecule has 1 N–H and O–H groups in total. The minimum Gasteiger partial charge on any atom is -0.344 e. The first-order valence-electron chi connectivity index (χ1n) is 10.6. The molecule has 2 amide bonds. The highest BCUT2D eigenvalue weighted by Crippen LogP contribution is 2.32. The summed E-state index contributed by atoms with van der Waals surface area (Å²) in [6.07, 6.45) is 6.90. The molecule has 0 saturated carbocycles. The molecule has 0 radical (unpaired) electrons. The van der Waals surface area contributed by atoms with Crippen molar-refractivity contribution in [2.75, 3.05) is 25.5 Å². The number of rotatable bonds is 4. The maximum atomic E-state index is 12.4. The van der Waals surface area contributed by atoms with Gasteiger partial charge in [0.2, 0.25) is 5.91 Å². The number of H-pyrrole nitrogens is 1. The summed E-state index contributed by atoms with van der Waals surface area (Å²) in [6.45, 7) is 0.780. The zero-order chi connectivity index (χ0) is 22.2. The molecule has 1 aliphatic heterocycles. The molecule has 1 aromatic carbocycles. The van der Waals surface area contributed by atoms with Gasteiger partial charge < -0.3 is 14.8 Å². The first-order valence-corrected chi connectivity index (χ1v) is 10.6. The fraction of sp³-hybridized carbons (Fsp3) is 0.200. The Kier molecular flexibility index (Phi) is 4.93. The second-order valence-electron chi connectivity index (χ2n) is 8.16. The van der Waals surface area contributed by atoms with Gasteiger partial charge in [-0.3, -0.25) is 14.6 Å². The first kappa shape index (κ1) is 19.9. The number of amides is 2. The van der Waals surface area contributed by atoms with Gasteiger partial charge in [-0.1, -0.05) is 12.1 Å². The highest BCUT2D eigenvalue weighted by molar-refractivity contribution is 6.01. The van der Waals surface area contributed by atoms with E-state index in [-0.39, 0.29) is 11.8 Å². The molecular formula is C25H23N5O2. The number of carbonyl (C=O) groups excluding carboxylic acids is 2. The third-order valence-electron chi connectivity index (χ3n) is 5.80. The average Bonchev–Trinajstić information content (AvgIpc) is 3.44. The van der Waals surface area contributed by atoms with Crippen LogP contribution in [-0.4, -0.2) is 52.3 Å². The predicted octanol–water partition coefficient (Wildman–Crippen LogP) is 4.12. The van der Waals surface area contributed by atoms with Crippen molar-refractivity contribution in [1.82, 2.24) is 19.9 Å². The van der Waals surface area contributed by atoms with Crippen LogP contribution in [0.1, 0.15) is 23.3 Å². The molecule has 0 unspecified atom stereocenters. The molecule has 0 aliphatic carbocycles. The van der Waals surface area contributed by atoms with Crippen LogP contribution >= 0.6 is 0 Å². The quantitative estimate of drug-likeness (QED) is 0.533. The zero-order valence-corrected chi connectivity index (χ0v) is 18.0. The summed E-state index contributed by atoms with van der Waals surface area (Å²) in [7, 11) is 3.45. The lowest BCUT2D eigenvalue weighted by Gasteiger charge is -2.16. The highest BCUT2D eigenvalue weighted by atomic mass is 16.2. The van der Waals surface area contributed by atoms with Crippen molar-refractivity contribution in [3.63, 3.8) is 0 Å². The van der Waals surface area contributed by atoms with E-state index in [0.29, 0.717) is 17.8 Å². The van der Waals surface area contributed by atoms with Crippen LogP contribution in [0.15, 0.2) is 61.1 Å². The number of anilines is 1. The predicted molar refractivity (Wildman–Crippen MR) is 124 cm³/mol. The molecular weight excluding hydrogens is 402 g/mol. The molecule has 4 heterocycles. The molecule has 7 heteroatoms. The molecule has 0 bridgehead atoms. The van der Waals surface area contributed by atoms with E-state index in [0.717, 1.165) is 46.3 Å². The second-order valence-corrected chi connectivity index (χ2v) is 8.16. The number of fused-ring (bicyclic) bond motifs is 1. The van der Waals surface area contributed by atoms with E-state index < -0.39 is 0 Å². The number of hydrogen-bond donors (Lipinski definition) is 1. The van der Waals surface area contributed by atoms with Crippen molar-refractivity contribution in [3.8, 4) is 22.3 Å². The lowest BCUT2D eigenvalue weighted by molar-refractivity contribution is -0.117. The van der Waals surface area contributed by atoms with Gasteiger partial charge in [-0.25, -0.2) is 4.98 Å². The van der Waals surface area contributed by atoms with Gasteiger partial charge in [0.15, 0.2) is 0 Å². The van der Waals surface area contributed by atoms with Gasteiger partial charge in [-0.2, -0.15) is 0 Å². The normalized spacial score (nSPS) is 13.7. The van der Waals surface area contributed by atoms with Gasteiger partial charge in [0.1, 0.15) is 11.3 Å². The SMILES string of the molecule is CN(C)C(=O)c1cc2c(-c3cncc(-c4ccc(N5CCCC5=O)cc4)c3)ccnc2[nH]1. The Bertz CT molecular complexity index is 1320. The number of pyridine rings is 2. The maximum Gasteiger partial charge on any atom is 0.269 e. The van der Waals surface area contributed by atoms with Crippen molar-refractivity contribution >= 4 is 28.5 Å². The second kappa shape index (κ2) is 7.92. The van der Waals surface area contributed by atoms with Crippen LogP contribution in [0, 0.1) is 0 Å². The number of aromatic nitrogens is 3. The number of nitrogens with one attached hydrogen (secondary N) is 1. The summed E-state index contributed by atoms with van der Waals surface area (Å²) < 4.78 is 0. The van der Waals surface area contributed by atoms with Gasteiger partial charge in [0, 0.05) is 67.9 Å². The maximum absolute atomic E-state index is 12.4. The fourth-order valence-electron chi connectivity index (χ4n) is 4.13. The van der Waals surface area contributed by atoms with Crippen LogP contribution < -0.4 is 4.90 Å². The monoisotopic (exact) mass is 425 g/mol. The van der Waals surface area contributed by atoms with Crippen molar-refractivity contribution < 1.29 is 9.59 Å². The van der Waals surface area contributed by atoms with Crippen LogP contribution in [0.3, 0.4) is 0 Å². The third-order valence-corrected chi connectivity index (χ3v) is 5.80. The van der Waals surface area contributed by atoms with Crippen LogP contribution in [0.2, 0.25) is 0 Å². The Morgan fingerprint density at radius 1 is 1.03 bits per heavy atom. The minimum absolute atomic E-state index is 0.0996. The zero-order valence-electron chi connectivity index (χ0n) is 18.0. The van der Waals surface area contributed by atoms with Crippen molar-refractivity contribution in [1.29, 1.82) is 0 Å². The van der Waals surface area contributed by atoms with E-state index in [4.69, 9.17) is 0 Å². The molecule has 7 nitrogen and oxygen atoms in total. The molecule has 0 spiro atoms.